The highest BCUT2D eigenvalue weighted by molar-refractivity contribution is 5.16. The summed E-state index contributed by atoms with van der Waals surface area (Å²) in [5.74, 6) is 0. The molecule has 1 radical (unpaired) electrons. The smallest absolute Gasteiger partial charge is 0.0822 e. The number of aliphatic hydroxyl groups excluding tert-OH is 1. The van der Waals surface area contributed by atoms with Gasteiger partial charge in [-0.05, 0) is 44.3 Å². The highest BCUT2D eigenvalue weighted by atomic mass is 16.3. The van der Waals surface area contributed by atoms with Crippen molar-refractivity contribution in [3.63, 3.8) is 0 Å². The van der Waals surface area contributed by atoms with Gasteiger partial charge in [-0.15, -0.1) is 0 Å². The van der Waals surface area contributed by atoms with Gasteiger partial charge in [0.05, 0.1) is 12.7 Å². The first-order valence-electron chi connectivity index (χ1n) is 7.36. The summed E-state index contributed by atoms with van der Waals surface area (Å²) in [7, 11) is 0. The zero-order valence-corrected chi connectivity index (χ0v) is 11.7. The molecule has 0 saturated heterocycles. The summed E-state index contributed by atoms with van der Waals surface area (Å²) < 4.78 is 0. The summed E-state index contributed by atoms with van der Waals surface area (Å²) in [5, 5.41) is 23.5. The molecule has 0 aliphatic rings. The fraction of sp³-hybridized carbons (Fsp3) is 0.625. The molecule has 3 nitrogen and oxygen atoms in total. The molecular weight excluding hydrogens is 238 g/mol. The Hall–Kier alpha value is -0.900. The van der Waals surface area contributed by atoms with Gasteiger partial charge in [0.1, 0.15) is 0 Å². The minimum absolute atomic E-state index is 0.0407. The molecule has 0 spiro atoms. The van der Waals surface area contributed by atoms with Gasteiger partial charge in [0.25, 0.3) is 0 Å². The van der Waals surface area contributed by atoms with Gasteiger partial charge in [-0.2, -0.15) is 0 Å². The summed E-state index contributed by atoms with van der Waals surface area (Å²) in [4.78, 5) is 0. The van der Waals surface area contributed by atoms with Crippen LogP contribution in [0.3, 0.4) is 0 Å². The Bertz CT molecular complexity index is 303. The quantitative estimate of drug-likeness (QED) is 0.603. The van der Waals surface area contributed by atoms with Crippen LogP contribution >= 0.6 is 0 Å². The highest BCUT2D eigenvalue weighted by Crippen LogP contribution is 2.18. The Kier molecular flexibility index (Phi) is 9.33. The number of nitrogens with one attached hydrogen (secondary N) is 1. The molecule has 0 fully saturated rings. The lowest BCUT2D eigenvalue weighted by molar-refractivity contribution is 0.163. The number of hydrogen-bond donors (Lipinski definition) is 2. The number of aliphatic hydroxyl groups is 1. The summed E-state index contributed by atoms with van der Waals surface area (Å²) in [6.45, 7) is 2.01. The standard InChI is InChI=1S/C16H26NO2/c18-14-8-7-13-17-12-6-2-5-11-16(19)15-9-3-1-4-10-15/h1,3-4,9-10,16-17,19H,2,5-8,11-14H2. The van der Waals surface area contributed by atoms with Crippen molar-refractivity contribution in [3.8, 4) is 0 Å². The predicted octanol–water partition coefficient (Wildman–Crippen LogP) is 3.08. The van der Waals surface area contributed by atoms with E-state index in [0.29, 0.717) is 0 Å². The number of rotatable bonds is 11. The molecule has 0 bridgehead atoms. The maximum Gasteiger partial charge on any atom is 0.0822 e. The second-order valence-electron chi connectivity index (χ2n) is 4.94. The molecule has 0 heterocycles. The molecule has 1 rings (SSSR count). The van der Waals surface area contributed by atoms with E-state index in [1.165, 1.54) is 0 Å². The lowest BCUT2D eigenvalue weighted by Gasteiger charge is -2.10. The van der Waals surface area contributed by atoms with Crippen LogP contribution in [-0.4, -0.2) is 24.8 Å². The average molecular weight is 264 g/mol. The van der Waals surface area contributed by atoms with Crippen molar-refractivity contribution in [2.75, 3.05) is 19.7 Å². The molecule has 1 unspecified atom stereocenters. The molecule has 0 saturated carbocycles. The second kappa shape index (κ2) is 11.0. The van der Waals surface area contributed by atoms with Gasteiger partial charge in [0, 0.05) is 0 Å². The van der Waals surface area contributed by atoms with E-state index in [9.17, 15) is 10.2 Å². The van der Waals surface area contributed by atoms with Gasteiger partial charge in [-0.1, -0.05) is 43.2 Å². The van der Waals surface area contributed by atoms with Gasteiger partial charge in [0.15, 0.2) is 0 Å². The topological polar surface area (TPSA) is 52.2 Å². The fourth-order valence-electron chi connectivity index (χ4n) is 2.08. The van der Waals surface area contributed by atoms with E-state index in [2.05, 4.69) is 5.32 Å². The van der Waals surface area contributed by atoms with E-state index >= 15 is 0 Å². The van der Waals surface area contributed by atoms with E-state index in [1.54, 1.807) is 0 Å². The molecule has 0 aliphatic heterocycles. The Balaban J connectivity index is 1.93. The van der Waals surface area contributed by atoms with E-state index in [0.717, 1.165) is 57.2 Å². The maximum absolute atomic E-state index is 10.2. The highest BCUT2D eigenvalue weighted by Gasteiger charge is 2.05. The third-order valence-electron chi connectivity index (χ3n) is 3.26. The molecule has 19 heavy (non-hydrogen) atoms. The van der Waals surface area contributed by atoms with Crippen LogP contribution < -0.4 is 5.32 Å². The largest absolute Gasteiger partial charge is 0.388 e. The Morgan fingerprint density at radius 1 is 0.947 bits per heavy atom. The normalized spacial score (nSPS) is 12.5. The molecule has 3 heteroatoms. The molecule has 0 aromatic heterocycles. The van der Waals surface area contributed by atoms with Crippen LogP contribution in [0.25, 0.3) is 0 Å². The van der Waals surface area contributed by atoms with Gasteiger partial charge >= 0.3 is 0 Å². The van der Waals surface area contributed by atoms with Crippen molar-refractivity contribution in [1.29, 1.82) is 0 Å². The third kappa shape index (κ3) is 7.98. The van der Waals surface area contributed by atoms with Gasteiger partial charge in [0.2, 0.25) is 0 Å². The van der Waals surface area contributed by atoms with Gasteiger partial charge in [-0.3, -0.25) is 0 Å². The monoisotopic (exact) mass is 264 g/mol. The van der Waals surface area contributed by atoms with E-state index in [4.69, 9.17) is 0 Å². The first kappa shape index (κ1) is 16.2. The Labute approximate surface area is 116 Å². The average Bonchev–Trinajstić information content (AvgIpc) is 2.46. The summed E-state index contributed by atoms with van der Waals surface area (Å²) in [6, 6.07) is 9.84. The molecule has 0 aliphatic carbocycles. The molecule has 107 valence electrons. The Morgan fingerprint density at radius 2 is 1.63 bits per heavy atom. The second-order valence-corrected chi connectivity index (χ2v) is 4.94. The zero-order valence-electron chi connectivity index (χ0n) is 11.7. The molecular formula is C16H26NO2. The summed E-state index contributed by atoms with van der Waals surface area (Å²) in [6.07, 6.45) is 5.59. The van der Waals surface area contributed by atoms with Crippen molar-refractivity contribution in [2.45, 2.75) is 44.6 Å². The third-order valence-corrected chi connectivity index (χ3v) is 3.26. The minimum Gasteiger partial charge on any atom is -0.388 e. The first-order valence-corrected chi connectivity index (χ1v) is 7.36. The number of benzene rings is 1. The Morgan fingerprint density at radius 3 is 2.32 bits per heavy atom. The number of hydrogen-bond acceptors (Lipinski definition) is 2. The van der Waals surface area contributed by atoms with Crippen LogP contribution in [-0.2, 0) is 5.11 Å². The minimum atomic E-state index is -0.328. The maximum atomic E-state index is 10.2. The molecule has 0 amide bonds. The van der Waals surface area contributed by atoms with Crippen LogP contribution in [0.1, 0.15) is 50.2 Å². The van der Waals surface area contributed by atoms with E-state index in [1.807, 2.05) is 30.3 Å². The van der Waals surface area contributed by atoms with Crippen molar-refractivity contribution in [1.82, 2.24) is 5.32 Å². The van der Waals surface area contributed by atoms with Crippen molar-refractivity contribution in [2.24, 2.45) is 0 Å². The predicted molar refractivity (Wildman–Crippen MR) is 77.5 cm³/mol. The van der Waals surface area contributed by atoms with Crippen molar-refractivity contribution < 1.29 is 10.2 Å². The van der Waals surface area contributed by atoms with E-state index < -0.39 is 0 Å². The first-order chi connectivity index (χ1) is 9.34. The molecule has 2 N–H and O–H groups in total. The summed E-state index contributed by atoms with van der Waals surface area (Å²) >= 11 is 0. The van der Waals surface area contributed by atoms with Gasteiger partial charge < -0.3 is 10.4 Å². The molecule has 1 aromatic rings. The van der Waals surface area contributed by atoms with Crippen LogP contribution in [0.15, 0.2) is 30.3 Å². The fourth-order valence-corrected chi connectivity index (χ4v) is 2.08. The lowest BCUT2D eigenvalue weighted by Crippen LogP contribution is -2.16. The van der Waals surface area contributed by atoms with Crippen LogP contribution in [0.2, 0.25) is 0 Å². The lowest BCUT2D eigenvalue weighted by atomic mass is 10.0. The van der Waals surface area contributed by atoms with Crippen molar-refractivity contribution in [3.05, 3.63) is 35.9 Å². The van der Waals surface area contributed by atoms with Crippen LogP contribution in [0.4, 0.5) is 0 Å². The van der Waals surface area contributed by atoms with Crippen LogP contribution in [0.5, 0.6) is 0 Å². The zero-order chi connectivity index (χ0) is 13.8. The van der Waals surface area contributed by atoms with Crippen molar-refractivity contribution >= 4 is 0 Å². The van der Waals surface area contributed by atoms with E-state index in [-0.39, 0.29) is 12.7 Å². The van der Waals surface area contributed by atoms with Gasteiger partial charge in [-0.25, -0.2) is 5.11 Å². The number of unbranched alkanes of at least 4 members (excludes halogenated alkanes) is 3. The summed E-state index contributed by atoms with van der Waals surface area (Å²) in [5.41, 5.74) is 1.01. The molecule has 1 aromatic carbocycles. The SMILES string of the molecule is [O]CCCCNCCCCCC(O)c1ccccc1. The molecule has 1 atom stereocenters. The van der Waals surface area contributed by atoms with Crippen LogP contribution in [0, 0.1) is 0 Å².